The first-order valence-corrected chi connectivity index (χ1v) is 12.5. The molecule has 33 heavy (non-hydrogen) atoms. The lowest BCUT2D eigenvalue weighted by molar-refractivity contribution is -0.140. The van der Waals surface area contributed by atoms with E-state index in [0.717, 1.165) is 64.0 Å². The highest BCUT2D eigenvalue weighted by Crippen LogP contribution is 2.40. The van der Waals surface area contributed by atoms with Gasteiger partial charge in [-0.2, -0.15) is 0 Å². The highest BCUT2D eigenvalue weighted by atomic mass is 35.5. The molecule has 0 aliphatic carbocycles. The molecule has 7 heteroatoms. The molecular weight excluding hydrogens is 436 g/mol. The van der Waals surface area contributed by atoms with Crippen molar-refractivity contribution in [1.29, 1.82) is 0 Å². The molecule has 2 saturated heterocycles. The minimum atomic E-state index is -0.874. The molecule has 2 fully saturated rings. The third-order valence-electron chi connectivity index (χ3n) is 7.55. The van der Waals surface area contributed by atoms with Crippen molar-refractivity contribution in [3.63, 3.8) is 0 Å². The number of benzene rings is 1. The van der Waals surface area contributed by atoms with Crippen LogP contribution in [0, 0.1) is 11.8 Å². The molecule has 1 unspecified atom stereocenters. The van der Waals surface area contributed by atoms with Crippen LogP contribution in [0.2, 0.25) is 5.02 Å². The number of anilines is 1. The number of rotatable bonds is 6. The zero-order valence-corrected chi connectivity index (χ0v) is 20.2. The van der Waals surface area contributed by atoms with E-state index < -0.39 is 5.60 Å². The van der Waals surface area contributed by atoms with Crippen LogP contribution in [0.5, 0.6) is 0 Å². The number of hydrogen-bond donors (Lipinski definition) is 2. The van der Waals surface area contributed by atoms with Crippen LogP contribution in [0.25, 0.3) is 0 Å². The van der Waals surface area contributed by atoms with Crippen LogP contribution in [0.1, 0.15) is 50.2 Å². The van der Waals surface area contributed by atoms with Gasteiger partial charge in [-0.3, -0.25) is 9.69 Å². The molecule has 178 valence electrons. The topological polar surface area (TPSA) is 82.7 Å². The fourth-order valence-corrected chi connectivity index (χ4v) is 5.62. The average Bonchev–Trinajstić information content (AvgIpc) is 2.84. The summed E-state index contributed by atoms with van der Waals surface area (Å²) in [5.74, 6) is 1.07. The van der Waals surface area contributed by atoms with Crippen LogP contribution in [-0.4, -0.2) is 52.0 Å². The predicted molar refractivity (Wildman–Crippen MR) is 132 cm³/mol. The lowest BCUT2D eigenvalue weighted by Gasteiger charge is -2.43. The van der Waals surface area contributed by atoms with Crippen LogP contribution < -0.4 is 5.73 Å². The fraction of sp³-hybridized carbons (Fsp3) is 0.538. The third-order valence-corrected chi connectivity index (χ3v) is 7.81. The van der Waals surface area contributed by atoms with Crippen molar-refractivity contribution in [3.8, 4) is 0 Å². The van der Waals surface area contributed by atoms with E-state index in [1.54, 1.807) is 6.20 Å². The van der Waals surface area contributed by atoms with Gasteiger partial charge < -0.3 is 15.7 Å². The fourth-order valence-electron chi connectivity index (χ4n) is 5.49. The van der Waals surface area contributed by atoms with Crippen LogP contribution in [0.15, 0.2) is 42.6 Å². The molecule has 0 bridgehead atoms. The molecule has 0 saturated carbocycles. The van der Waals surface area contributed by atoms with Crippen molar-refractivity contribution in [2.24, 2.45) is 11.8 Å². The van der Waals surface area contributed by atoms with E-state index in [1.807, 2.05) is 48.2 Å². The summed E-state index contributed by atoms with van der Waals surface area (Å²) < 4.78 is 0. The molecule has 2 aliphatic heterocycles. The Morgan fingerprint density at radius 2 is 1.79 bits per heavy atom. The van der Waals surface area contributed by atoms with E-state index in [4.69, 9.17) is 17.3 Å². The quantitative estimate of drug-likeness (QED) is 0.665. The van der Waals surface area contributed by atoms with E-state index >= 15 is 0 Å². The van der Waals surface area contributed by atoms with E-state index in [0.29, 0.717) is 17.3 Å². The Hall–Kier alpha value is -2.15. The second-order valence-corrected chi connectivity index (χ2v) is 9.96. The van der Waals surface area contributed by atoms with Crippen LogP contribution in [0.3, 0.4) is 0 Å². The molecule has 3 N–H and O–H groups in total. The van der Waals surface area contributed by atoms with Crippen LogP contribution in [-0.2, 0) is 16.9 Å². The van der Waals surface area contributed by atoms with Crippen molar-refractivity contribution in [2.75, 3.05) is 31.9 Å². The molecule has 4 rings (SSSR count). The smallest absolute Gasteiger partial charge is 0.225 e. The Kier molecular flexibility index (Phi) is 7.57. The Morgan fingerprint density at radius 3 is 2.39 bits per heavy atom. The summed E-state index contributed by atoms with van der Waals surface area (Å²) >= 11 is 6.04. The maximum absolute atomic E-state index is 13.2. The van der Waals surface area contributed by atoms with Gasteiger partial charge in [-0.15, -0.1) is 0 Å². The normalized spacial score (nSPS) is 20.5. The summed E-state index contributed by atoms with van der Waals surface area (Å²) in [4.78, 5) is 21.7. The first-order valence-electron chi connectivity index (χ1n) is 12.1. The minimum absolute atomic E-state index is 0.0987. The van der Waals surface area contributed by atoms with Crippen molar-refractivity contribution in [2.45, 2.75) is 51.2 Å². The Morgan fingerprint density at radius 1 is 1.12 bits per heavy atom. The Labute approximate surface area is 201 Å². The molecule has 2 aliphatic rings. The highest BCUT2D eigenvalue weighted by Gasteiger charge is 2.40. The molecule has 1 aromatic heterocycles. The molecule has 6 nitrogen and oxygen atoms in total. The number of nitrogens with two attached hydrogens (primary N) is 1. The molecule has 1 atom stereocenters. The minimum Gasteiger partial charge on any atom is -0.385 e. The highest BCUT2D eigenvalue weighted by molar-refractivity contribution is 6.30. The Bertz CT molecular complexity index is 938. The SMILES string of the molecule is CCC(O)(c1ccc(Cl)cc1)C1CCN(C(=O)C2CCN(Cc3ccnc(N)c3)CC2)CC1. The summed E-state index contributed by atoms with van der Waals surface area (Å²) in [6.45, 7) is 6.15. The van der Waals surface area contributed by atoms with Crippen LogP contribution in [0.4, 0.5) is 5.82 Å². The lowest BCUT2D eigenvalue weighted by atomic mass is 9.74. The maximum atomic E-state index is 13.2. The number of aromatic nitrogens is 1. The predicted octanol–water partition coefficient (Wildman–Crippen LogP) is 4.07. The van der Waals surface area contributed by atoms with Crippen molar-refractivity contribution < 1.29 is 9.90 Å². The van der Waals surface area contributed by atoms with E-state index in [2.05, 4.69) is 9.88 Å². The number of halogens is 1. The number of likely N-dealkylation sites (tertiary alicyclic amines) is 2. The molecule has 0 radical (unpaired) electrons. The number of carbonyl (C=O) groups excluding carboxylic acids is 1. The number of carbonyl (C=O) groups is 1. The second kappa shape index (κ2) is 10.4. The molecule has 2 aromatic rings. The second-order valence-electron chi connectivity index (χ2n) is 9.52. The summed E-state index contributed by atoms with van der Waals surface area (Å²) in [7, 11) is 0. The summed E-state index contributed by atoms with van der Waals surface area (Å²) in [5.41, 5.74) is 7.00. The van der Waals surface area contributed by atoms with Crippen molar-refractivity contribution >= 4 is 23.3 Å². The van der Waals surface area contributed by atoms with Gasteiger partial charge in [0.15, 0.2) is 0 Å². The maximum Gasteiger partial charge on any atom is 0.225 e. The van der Waals surface area contributed by atoms with E-state index in [-0.39, 0.29) is 17.7 Å². The van der Waals surface area contributed by atoms with Gasteiger partial charge >= 0.3 is 0 Å². The molecule has 0 spiro atoms. The lowest BCUT2D eigenvalue weighted by Crippen LogP contribution is -2.48. The summed E-state index contributed by atoms with van der Waals surface area (Å²) in [5, 5.41) is 12.2. The van der Waals surface area contributed by atoms with Gasteiger partial charge in [0, 0.05) is 36.8 Å². The van der Waals surface area contributed by atoms with Gasteiger partial charge in [0.05, 0.1) is 5.60 Å². The number of nitrogens with zero attached hydrogens (tertiary/aromatic N) is 3. The van der Waals surface area contributed by atoms with Gasteiger partial charge in [0.1, 0.15) is 5.82 Å². The van der Waals surface area contributed by atoms with Crippen molar-refractivity contribution in [1.82, 2.24) is 14.8 Å². The number of piperidine rings is 2. The largest absolute Gasteiger partial charge is 0.385 e. The number of nitrogen functional groups attached to an aromatic ring is 1. The monoisotopic (exact) mass is 470 g/mol. The number of aliphatic hydroxyl groups is 1. The van der Waals surface area contributed by atoms with Gasteiger partial charge in [-0.25, -0.2) is 4.98 Å². The van der Waals surface area contributed by atoms with Gasteiger partial charge in [0.2, 0.25) is 5.91 Å². The van der Waals surface area contributed by atoms with Crippen LogP contribution >= 0.6 is 11.6 Å². The third kappa shape index (κ3) is 5.51. The van der Waals surface area contributed by atoms with E-state index in [9.17, 15) is 9.90 Å². The molecule has 3 heterocycles. The van der Waals surface area contributed by atoms with Gasteiger partial charge in [-0.05, 0) is 86.5 Å². The molecular formula is C26H35ClN4O2. The average molecular weight is 471 g/mol. The zero-order chi connectivity index (χ0) is 23.4. The summed E-state index contributed by atoms with van der Waals surface area (Å²) in [6, 6.07) is 11.5. The van der Waals surface area contributed by atoms with E-state index in [1.165, 1.54) is 5.56 Å². The van der Waals surface area contributed by atoms with Gasteiger partial charge in [0.25, 0.3) is 0 Å². The first kappa shape index (κ1) is 24.0. The molecule has 1 aromatic carbocycles. The standard InChI is InChI=1S/C26H35ClN4O2/c1-2-26(33,21-3-5-23(27)6-4-21)22-10-15-31(16-11-22)25(32)20-8-13-30(14-9-20)18-19-7-12-29-24(28)17-19/h3-7,12,17,20,22,33H,2,8-11,13-16,18H2,1H3,(H2,28,29). The molecule has 1 amide bonds. The first-order chi connectivity index (χ1) is 15.9. The van der Waals surface area contributed by atoms with Gasteiger partial charge in [-0.1, -0.05) is 30.7 Å². The number of amides is 1. The summed E-state index contributed by atoms with van der Waals surface area (Å²) in [6.07, 6.45) is 5.82. The number of pyridine rings is 1. The number of hydrogen-bond acceptors (Lipinski definition) is 5. The zero-order valence-electron chi connectivity index (χ0n) is 19.4. The Balaban J connectivity index is 1.28. The van der Waals surface area contributed by atoms with Crippen molar-refractivity contribution in [3.05, 3.63) is 58.7 Å².